The number of aromatic nitrogens is 5. The Morgan fingerprint density at radius 1 is 0.235 bits per heavy atom. The van der Waals surface area contributed by atoms with Crippen LogP contribution >= 0.6 is 0 Å². The molecule has 0 N–H and O–H groups in total. The normalized spacial score (nSPS) is 11.5. The van der Waals surface area contributed by atoms with Gasteiger partial charge in [0.05, 0.1) is 22.1 Å². The van der Waals surface area contributed by atoms with E-state index in [-0.39, 0.29) is 0 Å². The third-order valence-corrected chi connectivity index (χ3v) is 13.2. The third-order valence-electron chi connectivity index (χ3n) is 13.2. The fraction of sp³-hybridized carbons (Fsp3) is 0. The van der Waals surface area contributed by atoms with Crippen LogP contribution in [0.2, 0.25) is 0 Å². The molecule has 68 heavy (non-hydrogen) atoms. The second-order valence-corrected chi connectivity index (χ2v) is 17.2. The number of rotatable bonds is 8. The molecule has 0 saturated carbocycles. The summed E-state index contributed by atoms with van der Waals surface area (Å²) in [7, 11) is 0. The molecular weight excluding hydrogens is 827 g/mol. The molecular formula is C63H41N5. The summed E-state index contributed by atoms with van der Waals surface area (Å²) in [6.07, 6.45) is 0. The Morgan fingerprint density at radius 2 is 0.588 bits per heavy atom. The average molecular weight is 868 g/mol. The van der Waals surface area contributed by atoms with Gasteiger partial charge in [-0.2, -0.15) is 9.97 Å². The molecule has 5 heteroatoms. The molecule has 10 aromatic carbocycles. The molecule has 3 aromatic heterocycles. The maximum atomic E-state index is 5.46. The first-order valence-corrected chi connectivity index (χ1v) is 23.0. The molecule has 0 fully saturated rings. The van der Waals surface area contributed by atoms with Crippen molar-refractivity contribution in [2.75, 3.05) is 0 Å². The number of benzene rings is 10. The fourth-order valence-electron chi connectivity index (χ4n) is 9.91. The zero-order valence-corrected chi connectivity index (χ0v) is 36.9. The highest BCUT2D eigenvalue weighted by molar-refractivity contribution is 6.24. The summed E-state index contributed by atoms with van der Waals surface area (Å²) >= 11 is 0. The second-order valence-electron chi connectivity index (χ2n) is 17.2. The lowest BCUT2D eigenvalue weighted by Crippen LogP contribution is -2.07. The largest absolute Gasteiger partial charge is 0.307 e. The standard InChI is InChI=1S/C63H41N5/c1-6-17-42(18-7-1)46-29-31-48(32-30-46)62-64-61(47-25-14-5-15-26-47)65-63(66-62)68-58-38-34-51(45-23-12-4-13-24-45)41-56(58)54-36-35-53-55-40-50(44-21-10-3-11-22-44)33-37-57(55)67(59(53)60(54)68)52-28-16-27-49(39-52)43-19-8-2-9-20-43/h1-41H. The van der Waals surface area contributed by atoms with Crippen molar-refractivity contribution < 1.29 is 0 Å². The van der Waals surface area contributed by atoms with Crippen molar-refractivity contribution in [1.82, 2.24) is 24.1 Å². The number of fused-ring (bicyclic) bond motifs is 7. The van der Waals surface area contributed by atoms with Crippen molar-refractivity contribution in [3.05, 3.63) is 249 Å². The van der Waals surface area contributed by atoms with Gasteiger partial charge in [-0.15, -0.1) is 0 Å². The summed E-state index contributed by atoms with van der Waals surface area (Å²) in [6, 6.07) is 88.3. The lowest BCUT2D eigenvalue weighted by molar-refractivity contribution is 0.953. The molecule has 0 spiro atoms. The van der Waals surface area contributed by atoms with Crippen LogP contribution < -0.4 is 0 Å². The molecule has 0 saturated heterocycles. The Kier molecular flexibility index (Phi) is 9.43. The van der Waals surface area contributed by atoms with E-state index in [1.54, 1.807) is 0 Å². The van der Waals surface area contributed by atoms with Crippen LogP contribution in [0.1, 0.15) is 0 Å². The maximum absolute atomic E-state index is 5.46. The van der Waals surface area contributed by atoms with Gasteiger partial charge in [0.2, 0.25) is 5.95 Å². The van der Waals surface area contributed by atoms with Crippen molar-refractivity contribution in [3.8, 4) is 78.9 Å². The summed E-state index contributed by atoms with van der Waals surface area (Å²) < 4.78 is 4.73. The van der Waals surface area contributed by atoms with Crippen LogP contribution in [0.5, 0.6) is 0 Å². The SMILES string of the molecule is c1ccc(-c2ccc(-c3nc(-c4ccccc4)nc(-n4c5ccc(-c6ccccc6)cc5c5ccc6c7cc(-c8ccccc8)ccc7n(-c7cccc(-c8ccccc8)c7)c6c54)n3)cc2)cc1. The van der Waals surface area contributed by atoms with Crippen LogP contribution in [0, 0.1) is 0 Å². The molecule has 0 unspecified atom stereocenters. The van der Waals surface area contributed by atoms with E-state index in [1.807, 2.05) is 24.3 Å². The highest BCUT2D eigenvalue weighted by Gasteiger charge is 2.25. The predicted octanol–water partition coefficient (Wildman–Crippen LogP) is 16.1. The van der Waals surface area contributed by atoms with Crippen LogP contribution in [0.3, 0.4) is 0 Å². The fourth-order valence-corrected chi connectivity index (χ4v) is 9.91. The van der Waals surface area contributed by atoms with E-state index in [0.29, 0.717) is 17.6 Å². The number of nitrogens with zero attached hydrogens (tertiary/aromatic N) is 5. The Labute approximate surface area is 393 Å². The first-order chi connectivity index (χ1) is 33.7. The summed E-state index contributed by atoms with van der Waals surface area (Å²) in [5, 5.41) is 4.51. The Hall–Kier alpha value is -9.19. The monoisotopic (exact) mass is 867 g/mol. The van der Waals surface area contributed by atoms with E-state index >= 15 is 0 Å². The minimum Gasteiger partial charge on any atom is -0.307 e. The minimum atomic E-state index is 0.542. The summed E-state index contributed by atoms with van der Waals surface area (Å²) in [5.41, 5.74) is 16.3. The molecule has 5 nitrogen and oxygen atoms in total. The van der Waals surface area contributed by atoms with Crippen molar-refractivity contribution in [2.24, 2.45) is 0 Å². The molecule has 13 rings (SSSR count). The highest BCUT2D eigenvalue weighted by Crippen LogP contribution is 2.44. The zero-order chi connectivity index (χ0) is 45.0. The zero-order valence-electron chi connectivity index (χ0n) is 36.9. The molecule has 0 aliphatic carbocycles. The number of hydrogen-bond donors (Lipinski definition) is 0. The van der Waals surface area contributed by atoms with Crippen molar-refractivity contribution in [1.29, 1.82) is 0 Å². The number of hydrogen-bond acceptors (Lipinski definition) is 3. The molecule has 0 aliphatic heterocycles. The lowest BCUT2D eigenvalue weighted by atomic mass is 10.0. The van der Waals surface area contributed by atoms with Gasteiger partial charge in [-0.25, -0.2) is 4.98 Å². The van der Waals surface area contributed by atoms with Gasteiger partial charge in [-0.05, 0) is 80.9 Å². The molecule has 0 bridgehead atoms. The van der Waals surface area contributed by atoms with Crippen LogP contribution in [-0.2, 0) is 0 Å². The molecule has 0 amide bonds. The van der Waals surface area contributed by atoms with E-state index in [2.05, 4.69) is 234 Å². The Morgan fingerprint density at radius 3 is 1.09 bits per heavy atom. The highest BCUT2D eigenvalue weighted by atomic mass is 15.2. The van der Waals surface area contributed by atoms with Gasteiger partial charge in [-0.1, -0.05) is 212 Å². The molecule has 3 heterocycles. The minimum absolute atomic E-state index is 0.542. The van der Waals surface area contributed by atoms with E-state index in [1.165, 1.54) is 5.56 Å². The van der Waals surface area contributed by atoms with E-state index in [4.69, 9.17) is 15.0 Å². The van der Waals surface area contributed by atoms with E-state index in [9.17, 15) is 0 Å². The van der Waals surface area contributed by atoms with Gasteiger partial charge < -0.3 is 4.57 Å². The summed E-state index contributed by atoms with van der Waals surface area (Å²) in [6.45, 7) is 0. The van der Waals surface area contributed by atoms with E-state index in [0.717, 1.165) is 99.4 Å². The summed E-state index contributed by atoms with van der Waals surface area (Å²) in [5.74, 6) is 1.74. The first kappa shape index (κ1) is 39.2. The van der Waals surface area contributed by atoms with Crippen LogP contribution in [0.15, 0.2) is 249 Å². The third kappa shape index (κ3) is 6.76. The first-order valence-electron chi connectivity index (χ1n) is 23.0. The Bertz CT molecular complexity index is 3970. The van der Waals surface area contributed by atoms with Crippen molar-refractivity contribution in [3.63, 3.8) is 0 Å². The van der Waals surface area contributed by atoms with Crippen LogP contribution in [-0.4, -0.2) is 24.1 Å². The quantitative estimate of drug-likeness (QED) is 0.153. The molecule has 318 valence electrons. The Balaban J connectivity index is 1.15. The van der Waals surface area contributed by atoms with Gasteiger partial charge in [-0.3, -0.25) is 4.57 Å². The second kappa shape index (κ2) is 16.4. The van der Waals surface area contributed by atoms with E-state index < -0.39 is 0 Å². The topological polar surface area (TPSA) is 48.5 Å². The van der Waals surface area contributed by atoms with Crippen molar-refractivity contribution >= 4 is 43.6 Å². The molecule has 0 atom stereocenters. The summed E-state index contributed by atoms with van der Waals surface area (Å²) in [4.78, 5) is 16.1. The maximum Gasteiger partial charge on any atom is 0.238 e. The van der Waals surface area contributed by atoms with Crippen LogP contribution in [0.25, 0.3) is 123 Å². The van der Waals surface area contributed by atoms with Gasteiger partial charge in [0.25, 0.3) is 0 Å². The molecule has 13 aromatic rings. The lowest BCUT2D eigenvalue weighted by Gasteiger charge is -2.14. The predicted molar refractivity (Wildman–Crippen MR) is 281 cm³/mol. The van der Waals surface area contributed by atoms with Gasteiger partial charge in [0.15, 0.2) is 11.6 Å². The van der Waals surface area contributed by atoms with Gasteiger partial charge in [0.1, 0.15) is 0 Å². The van der Waals surface area contributed by atoms with Crippen LogP contribution in [0.4, 0.5) is 0 Å². The average Bonchev–Trinajstić information content (AvgIpc) is 3.94. The smallest absolute Gasteiger partial charge is 0.238 e. The van der Waals surface area contributed by atoms with Gasteiger partial charge >= 0.3 is 0 Å². The molecule has 0 radical (unpaired) electrons. The molecule has 0 aliphatic rings. The van der Waals surface area contributed by atoms with Gasteiger partial charge in [0, 0.05) is 38.4 Å². The van der Waals surface area contributed by atoms with Crippen molar-refractivity contribution in [2.45, 2.75) is 0 Å².